The first-order chi connectivity index (χ1) is 9.40. The van der Waals surface area contributed by atoms with Crippen LogP contribution in [0.4, 0.5) is 4.39 Å². The van der Waals surface area contributed by atoms with Crippen LogP contribution < -0.4 is 5.32 Å². The van der Waals surface area contributed by atoms with E-state index in [9.17, 15) is 9.18 Å². The highest BCUT2D eigenvalue weighted by molar-refractivity contribution is 5.76. The maximum Gasteiger partial charge on any atom is 0.323 e. The zero-order chi connectivity index (χ0) is 15.3. The van der Waals surface area contributed by atoms with Crippen molar-refractivity contribution >= 4 is 5.97 Å². The van der Waals surface area contributed by atoms with Crippen molar-refractivity contribution in [2.75, 3.05) is 7.11 Å². The van der Waals surface area contributed by atoms with Crippen LogP contribution >= 0.6 is 0 Å². The van der Waals surface area contributed by atoms with Gasteiger partial charge >= 0.3 is 5.97 Å². The molecule has 1 N–H and O–H groups in total. The lowest BCUT2D eigenvalue weighted by Crippen LogP contribution is -2.43. The van der Waals surface area contributed by atoms with Crippen LogP contribution in [0.5, 0.6) is 0 Å². The summed E-state index contributed by atoms with van der Waals surface area (Å²) in [7, 11) is 1.38. The molecule has 3 atom stereocenters. The zero-order valence-electron chi connectivity index (χ0n) is 12.9. The standard InChI is InChI=1S/C16H24FNO2/c1-6-10(2)15(16(19)20-5)18-12(4)13-8-7-11(3)14(17)9-13/h7-10,12,15,18H,6H2,1-5H3. The number of benzene rings is 1. The van der Waals surface area contributed by atoms with Crippen LogP contribution in [0.2, 0.25) is 0 Å². The summed E-state index contributed by atoms with van der Waals surface area (Å²) in [5, 5.41) is 3.24. The third-order valence-electron chi connectivity index (χ3n) is 3.79. The van der Waals surface area contributed by atoms with E-state index in [2.05, 4.69) is 5.32 Å². The van der Waals surface area contributed by atoms with E-state index < -0.39 is 0 Å². The zero-order valence-corrected chi connectivity index (χ0v) is 12.9. The fraction of sp³-hybridized carbons (Fsp3) is 0.562. The lowest BCUT2D eigenvalue weighted by Gasteiger charge is -2.26. The lowest BCUT2D eigenvalue weighted by atomic mass is 9.97. The third-order valence-corrected chi connectivity index (χ3v) is 3.79. The molecule has 0 heterocycles. The Balaban J connectivity index is 2.86. The Morgan fingerprint density at radius 2 is 2.05 bits per heavy atom. The number of aryl methyl sites for hydroxylation is 1. The summed E-state index contributed by atoms with van der Waals surface area (Å²) >= 11 is 0. The van der Waals surface area contributed by atoms with Gasteiger partial charge in [-0.3, -0.25) is 10.1 Å². The number of rotatable bonds is 6. The minimum absolute atomic E-state index is 0.122. The molecule has 3 nitrogen and oxygen atoms in total. The smallest absolute Gasteiger partial charge is 0.323 e. The monoisotopic (exact) mass is 281 g/mol. The largest absolute Gasteiger partial charge is 0.468 e. The van der Waals surface area contributed by atoms with Crippen molar-refractivity contribution in [1.29, 1.82) is 0 Å². The van der Waals surface area contributed by atoms with Gasteiger partial charge in [-0.1, -0.05) is 32.4 Å². The van der Waals surface area contributed by atoms with Crippen molar-refractivity contribution in [3.8, 4) is 0 Å². The van der Waals surface area contributed by atoms with E-state index >= 15 is 0 Å². The summed E-state index contributed by atoms with van der Waals surface area (Å²) in [6.07, 6.45) is 0.863. The van der Waals surface area contributed by atoms with Gasteiger partial charge in [-0.2, -0.15) is 0 Å². The molecule has 1 aromatic carbocycles. The quantitative estimate of drug-likeness (QED) is 0.812. The minimum atomic E-state index is -0.385. The molecule has 0 aliphatic rings. The average molecular weight is 281 g/mol. The molecule has 0 aliphatic heterocycles. The number of carbonyl (C=O) groups is 1. The number of esters is 1. The second-order valence-electron chi connectivity index (χ2n) is 5.28. The minimum Gasteiger partial charge on any atom is -0.468 e. The number of methoxy groups -OCH3 is 1. The number of hydrogen-bond acceptors (Lipinski definition) is 3. The molecule has 0 bridgehead atoms. The Morgan fingerprint density at radius 3 is 2.55 bits per heavy atom. The number of hydrogen-bond donors (Lipinski definition) is 1. The molecule has 4 heteroatoms. The highest BCUT2D eigenvalue weighted by Crippen LogP contribution is 2.19. The van der Waals surface area contributed by atoms with Crippen molar-refractivity contribution in [3.63, 3.8) is 0 Å². The maximum atomic E-state index is 13.6. The molecule has 1 aromatic rings. The Labute approximate surface area is 120 Å². The van der Waals surface area contributed by atoms with Gasteiger partial charge in [0.25, 0.3) is 0 Å². The number of nitrogens with one attached hydrogen (secondary N) is 1. The molecule has 0 saturated carbocycles. The SMILES string of the molecule is CCC(C)C(NC(C)c1ccc(C)c(F)c1)C(=O)OC. The lowest BCUT2D eigenvalue weighted by molar-refractivity contribution is -0.144. The van der Waals surface area contributed by atoms with Gasteiger partial charge in [0.15, 0.2) is 0 Å². The highest BCUT2D eigenvalue weighted by Gasteiger charge is 2.26. The maximum absolute atomic E-state index is 13.6. The third kappa shape index (κ3) is 4.04. The van der Waals surface area contributed by atoms with Crippen LogP contribution in [-0.2, 0) is 9.53 Å². The first-order valence-electron chi connectivity index (χ1n) is 7.00. The molecule has 0 radical (unpaired) electrons. The molecule has 0 spiro atoms. The van der Waals surface area contributed by atoms with Gasteiger partial charge in [-0.15, -0.1) is 0 Å². The fourth-order valence-electron chi connectivity index (χ4n) is 2.07. The number of carbonyl (C=O) groups excluding carboxylic acids is 1. The first kappa shape index (κ1) is 16.6. The Morgan fingerprint density at radius 1 is 1.40 bits per heavy atom. The predicted molar refractivity (Wildman–Crippen MR) is 77.9 cm³/mol. The second-order valence-corrected chi connectivity index (χ2v) is 5.28. The van der Waals surface area contributed by atoms with E-state index in [4.69, 9.17) is 4.74 Å². The Hall–Kier alpha value is -1.42. The van der Waals surface area contributed by atoms with E-state index in [1.165, 1.54) is 13.2 Å². The van der Waals surface area contributed by atoms with Crippen molar-refractivity contribution in [2.45, 2.75) is 46.2 Å². The van der Waals surface area contributed by atoms with Gasteiger partial charge in [0.2, 0.25) is 0 Å². The first-order valence-corrected chi connectivity index (χ1v) is 7.00. The van der Waals surface area contributed by atoms with Crippen molar-refractivity contribution in [3.05, 3.63) is 35.1 Å². The summed E-state index contributed by atoms with van der Waals surface area (Å²) in [5.41, 5.74) is 1.44. The van der Waals surface area contributed by atoms with Crippen LogP contribution in [0.15, 0.2) is 18.2 Å². The van der Waals surface area contributed by atoms with Gasteiger partial charge in [0.05, 0.1) is 7.11 Å². The molecule has 3 unspecified atom stereocenters. The molecule has 0 aromatic heterocycles. The molecule has 0 aliphatic carbocycles. The van der Waals surface area contributed by atoms with E-state index in [0.717, 1.165) is 12.0 Å². The van der Waals surface area contributed by atoms with Gasteiger partial charge in [0, 0.05) is 6.04 Å². The molecule has 0 amide bonds. The molecule has 0 saturated heterocycles. The number of halogens is 1. The Kier molecular flexibility index (Phi) is 6.14. The van der Waals surface area contributed by atoms with Crippen LogP contribution in [0.1, 0.15) is 44.4 Å². The van der Waals surface area contributed by atoms with Crippen molar-refractivity contribution < 1.29 is 13.9 Å². The van der Waals surface area contributed by atoms with Crippen molar-refractivity contribution in [1.82, 2.24) is 5.32 Å². The fourth-order valence-corrected chi connectivity index (χ4v) is 2.07. The molecular formula is C16H24FNO2. The average Bonchev–Trinajstić information content (AvgIpc) is 2.45. The topological polar surface area (TPSA) is 38.3 Å². The summed E-state index contributed by atoms with van der Waals surface area (Å²) in [4.78, 5) is 11.8. The van der Waals surface area contributed by atoms with Crippen LogP contribution in [0.25, 0.3) is 0 Å². The van der Waals surface area contributed by atoms with Crippen LogP contribution in [0, 0.1) is 18.7 Å². The van der Waals surface area contributed by atoms with Gasteiger partial charge in [0.1, 0.15) is 11.9 Å². The van der Waals surface area contributed by atoms with E-state index in [-0.39, 0.29) is 29.8 Å². The summed E-state index contributed by atoms with van der Waals surface area (Å²) in [6.45, 7) is 7.67. The van der Waals surface area contributed by atoms with E-state index in [1.807, 2.05) is 26.8 Å². The second kappa shape index (κ2) is 7.39. The van der Waals surface area contributed by atoms with Gasteiger partial charge in [-0.05, 0) is 37.0 Å². The highest BCUT2D eigenvalue weighted by atomic mass is 19.1. The summed E-state index contributed by atoms with van der Waals surface area (Å²) in [6, 6.07) is 4.63. The molecule has 20 heavy (non-hydrogen) atoms. The number of ether oxygens (including phenoxy) is 1. The normalized spacial score (nSPS) is 15.5. The molecular weight excluding hydrogens is 257 g/mol. The van der Waals surface area contributed by atoms with Crippen LogP contribution in [-0.4, -0.2) is 19.1 Å². The van der Waals surface area contributed by atoms with E-state index in [0.29, 0.717) is 5.56 Å². The van der Waals surface area contributed by atoms with Gasteiger partial charge < -0.3 is 4.74 Å². The Bertz CT molecular complexity index is 462. The summed E-state index contributed by atoms with van der Waals surface area (Å²) in [5.74, 6) is -0.353. The summed E-state index contributed by atoms with van der Waals surface area (Å²) < 4.78 is 18.4. The predicted octanol–water partition coefficient (Wildman–Crippen LogP) is 3.37. The van der Waals surface area contributed by atoms with Crippen LogP contribution in [0.3, 0.4) is 0 Å². The van der Waals surface area contributed by atoms with E-state index in [1.54, 1.807) is 13.0 Å². The van der Waals surface area contributed by atoms with Gasteiger partial charge in [-0.25, -0.2) is 4.39 Å². The van der Waals surface area contributed by atoms with Crippen molar-refractivity contribution in [2.24, 2.45) is 5.92 Å². The molecule has 1 rings (SSSR count). The molecule has 0 fully saturated rings. The molecule has 112 valence electrons.